The van der Waals surface area contributed by atoms with Gasteiger partial charge < -0.3 is 10.6 Å². The van der Waals surface area contributed by atoms with E-state index >= 15 is 0 Å². The van der Waals surface area contributed by atoms with Crippen molar-refractivity contribution < 1.29 is 9.59 Å². The van der Waals surface area contributed by atoms with E-state index in [0.717, 1.165) is 44.0 Å². The van der Waals surface area contributed by atoms with Crippen LogP contribution in [0.25, 0.3) is 0 Å². The molecule has 2 amide bonds. The van der Waals surface area contributed by atoms with Crippen molar-refractivity contribution in [1.82, 2.24) is 9.80 Å². The number of hydrogen-bond donors (Lipinski definition) is 2. The van der Waals surface area contributed by atoms with Crippen LogP contribution in [0.1, 0.15) is 27.0 Å². The number of benzene rings is 3. The summed E-state index contributed by atoms with van der Waals surface area (Å²) >= 11 is 0. The minimum absolute atomic E-state index is 0.138. The molecule has 0 unspecified atom stereocenters. The monoisotopic (exact) mass is 467 g/mol. The van der Waals surface area contributed by atoms with Crippen LogP contribution in [0.5, 0.6) is 0 Å². The Kier molecular flexibility index (Phi) is 7.88. The third-order valence-corrected chi connectivity index (χ3v) is 6.04. The summed E-state index contributed by atoms with van der Waals surface area (Å²) in [7, 11) is 0. The van der Waals surface area contributed by atoms with E-state index in [0.29, 0.717) is 16.8 Å². The second kappa shape index (κ2) is 11.4. The van der Waals surface area contributed by atoms with Crippen LogP contribution in [0.3, 0.4) is 0 Å². The quantitative estimate of drug-likeness (QED) is 0.551. The number of hydrogen-bond acceptors (Lipinski definition) is 5. The molecule has 2 N–H and O–H groups in total. The van der Waals surface area contributed by atoms with E-state index in [1.54, 1.807) is 24.3 Å². The highest BCUT2D eigenvalue weighted by molar-refractivity contribution is 6.10. The zero-order valence-corrected chi connectivity index (χ0v) is 19.8. The highest BCUT2D eigenvalue weighted by Crippen LogP contribution is 2.18. The average molecular weight is 468 g/mol. The van der Waals surface area contributed by atoms with Crippen molar-refractivity contribution in [3.05, 3.63) is 95.1 Å². The number of aryl methyl sites for hydroxylation is 1. The maximum Gasteiger partial charge on any atom is 0.257 e. The summed E-state index contributed by atoms with van der Waals surface area (Å²) in [6.07, 6.45) is 0. The molecule has 35 heavy (non-hydrogen) atoms. The lowest BCUT2D eigenvalue weighted by Crippen LogP contribution is -2.48. The van der Waals surface area contributed by atoms with Crippen molar-refractivity contribution in [1.29, 1.82) is 5.26 Å². The topological polar surface area (TPSA) is 88.5 Å². The number of nitrogens with zero attached hydrogens (tertiary/aromatic N) is 3. The fourth-order valence-corrected chi connectivity index (χ4v) is 4.15. The molecular formula is C28H29N5O2. The van der Waals surface area contributed by atoms with Gasteiger partial charge in [-0.05, 0) is 54.4 Å². The van der Waals surface area contributed by atoms with Crippen molar-refractivity contribution in [2.45, 2.75) is 13.5 Å². The Morgan fingerprint density at radius 3 is 2.31 bits per heavy atom. The second-order valence-electron chi connectivity index (χ2n) is 8.78. The zero-order valence-electron chi connectivity index (χ0n) is 19.8. The first-order valence-corrected chi connectivity index (χ1v) is 11.7. The summed E-state index contributed by atoms with van der Waals surface area (Å²) < 4.78 is 0. The molecule has 1 fully saturated rings. The minimum atomic E-state index is -0.261. The van der Waals surface area contributed by atoms with Crippen LogP contribution < -0.4 is 10.6 Å². The van der Waals surface area contributed by atoms with Gasteiger partial charge in [-0.1, -0.05) is 36.4 Å². The molecule has 7 heteroatoms. The molecule has 1 saturated heterocycles. The summed E-state index contributed by atoms with van der Waals surface area (Å²) in [5.41, 5.74) is 4.54. The lowest BCUT2D eigenvalue weighted by molar-refractivity contribution is -0.117. The standard InChI is InChI=1S/C28H29N5O2/c1-21-5-4-6-24(17-21)30-28(35)25-7-2-3-8-26(25)31-27(34)20-33-15-13-32(14-16-33)19-23-11-9-22(18-29)10-12-23/h2-12,17H,13-16,19-20H2,1H3,(H,30,35)(H,31,34). The summed E-state index contributed by atoms with van der Waals surface area (Å²) in [5.74, 6) is -0.399. The average Bonchev–Trinajstić information content (AvgIpc) is 2.86. The summed E-state index contributed by atoms with van der Waals surface area (Å²) in [4.78, 5) is 30.1. The van der Waals surface area contributed by atoms with Gasteiger partial charge in [0.1, 0.15) is 0 Å². The number of piperazine rings is 1. The fraction of sp³-hybridized carbons (Fsp3) is 0.250. The SMILES string of the molecule is Cc1cccc(NC(=O)c2ccccc2NC(=O)CN2CCN(Cc3ccc(C#N)cc3)CC2)c1. The van der Waals surface area contributed by atoms with Crippen molar-refractivity contribution in [2.75, 3.05) is 43.4 Å². The Morgan fingerprint density at radius 1 is 0.886 bits per heavy atom. The smallest absolute Gasteiger partial charge is 0.257 e. The molecular weight excluding hydrogens is 438 g/mol. The molecule has 0 aliphatic carbocycles. The Bertz CT molecular complexity index is 1220. The van der Waals surface area contributed by atoms with Crippen molar-refractivity contribution >= 4 is 23.2 Å². The number of amides is 2. The molecule has 0 radical (unpaired) electrons. The van der Waals surface area contributed by atoms with E-state index < -0.39 is 0 Å². The van der Waals surface area contributed by atoms with Crippen molar-refractivity contribution in [3.63, 3.8) is 0 Å². The first-order chi connectivity index (χ1) is 17.0. The third-order valence-electron chi connectivity index (χ3n) is 6.04. The fourth-order valence-electron chi connectivity index (χ4n) is 4.15. The Labute approximate surface area is 206 Å². The summed E-state index contributed by atoms with van der Waals surface area (Å²) in [5, 5.41) is 14.8. The van der Waals surface area contributed by atoms with Gasteiger partial charge in [0.2, 0.25) is 5.91 Å². The van der Waals surface area contributed by atoms with Crippen LogP contribution >= 0.6 is 0 Å². The lowest BCUT2D eigenvalue weighted by atomic mass is 10.1. The summed E-state index contributed by atoms with van der Waals surface area (Å²) in [6.45, 7) is 6.38. The number of anilines is 2. The number of nitriles is 1. The molecule has 4 rings (SSSR count). The molecule has 178 valence electrons. The van der Waals surface area contributed by atoms with E-state index in [4.69, 9.17) is 5.26 Å². The van der Waals surface area contributed by atoms with E-state index in [2.05, 4.69) is 26.5 Å². The Morgan fingerprint density at radius 2 is 1.60 bits per heavy atom. The number of rotatable bonds is 7. The maximum absolute atomic E-state index is 12.8. The van der Waals surface area contributed by atoms with Crippen LogP contribution in [-0.4, -0.2) is 54.3 Å². The van der Waals surface area contributed by atoms with Crippen molar-refractivity contribution in [2.24, 2.45) is 0 Å². The predicted molar refractivity (Wildman–Crippen MR) is 137 cm³/mol. The highest BCUT2D eigenvalue weighted by atomic mass is 16.2. The van der Waals surface area contributed by atoms with Crippen LogP contribution in [0.15, 0.2) is 72.8 Å². The normalized spacial score (nSPS) is 14.2. The molecule has 3 aromatic rings. The number of nitrogens with one attached hydrogen (secondary N) is 2. The van der Waals surface area contributed by atoms with Gasteiger partial charge in [-0.15, -0.1) is 0 Å². The van der Waals surface area contributed by atoms with Crippen LogP contribution in [-0.2, 0) is 11.3 Å². The molecule has 0 aromatic heterocycles. The predicted octanol–water partition coefficient (Wildman–Crippen LogP) is 3.88. The van der Waals surface area contributed by atoms with E-state index in [-0.39, 0.29) is 18.4 Å². The van der Waals surface area contributed by atoms with Gasteiger partial charge in [-0.25, -0.2) is 0 Å². The second-order valence-corrected chi connectivity index (χ2v) is 8.78. The van der Waals surface area contributed by atoms with Gasteiger partial charge in [0.05, 0.1) is 29.4 Å². The van der Waals surface area contributed by atoms with Crippen LogP contribution in [0.2, 0.25) is 0 Å². The van der Waals surface area contributed by atoms with Gasteiger partial charge in [0.15, 0.2) is 0 Å². The van der Waals surface area contributed by atoms with Crippen LogP contribution in [0.4, 0.5) is 11.4 Å². The van der Waals surface area contributed by atoms with E-state index in [1.807, 2.05) is 55.5 Å². The first kappa shape index (κ1) is 24.1. The van der Waals surface area contributed by atoms with Gasteiger partial charge in [-0.2, -0.15) is 5.26 Å². The van der Waals surface area contributed by atoms with Gasteiger partial charge in [0.25, 0.3) is 5.91 Å². The van der Waals surface area contributed by atoms with Gasteiger partial charge in [-0.3, -0.25) is 19.4 Å². The molecule has 1 aliphatic rings. The lowest BCUT2D eigenvalue weighted by Gasteiger charge is -2.34. The van der Waals surface area contributed by atoms with E-state index in [9.17, 15) is 9.59 Å². The number of carbonyl (C=O) groups excluding carboxylic acids is 2. The third kappa shape index (κ3) is 6.76. The maximum atomic E-state index is 12.8. The molecule has 3 aromatic carbocycles. The highest BCUT2D eigenvalue weighted by Gasteiger charge is 2.20. The zero-order chi connectivity index (χ0) is 24.6. The Balaban J connectivity index is 1.28. The first-order valence-electron chi connectivity index (χ1n) is 11.7. The molecule has 0 bridgehead atoms. The van der Waals surface area contributed by atoms with Gasteiger partial charge >= 0.3 is 0 Å². The largest absolute Gasteiger partial charge is 0.324 e. The van der Waals surface area contributed by atoms with Crippen molar-refractivity contribution in [3.8, 4) is 6.07 Å². The minimum Gasteiger partial charge on any atom is -0.324 e. The number of para-hydroxylation sites is 1. The molecule has 0 saturated carbocycles. The van der Waals surface area contributed by atoms with Gasteiger partial charge in [0, 0.05) is 38.4 Å². The molecule has 7 nitrogen and oxygen atoms in total. The molecule has 1 aliphatic heterocycles. The van der Waals surface area contributed by atoms with Crippen LogP contribution in [0, 0.1) is 18.3 Å². The number of carbonyl (C=O) groups is 2. The Hall–Kier alpha value is -3.99. The molecule has 1 heterocycles. The molecule has 0 spiro atoms. The van der Waals surface area contributed by atoms with E-state index in [1.165, 1.54) is 5.56 Å². The summed E-state index contributed by atoms with van der Waals surface area (Å²) in [6, 6.07) is 24.5. The molecule has 0 atom stereocenters.